The van der Waals surface area contributed by atoms with Crippen LogP contribution in [0.1, 0.15) is 40.0 Å². The lowest BCUT2D eigenvalue weighted by Crippen LogP contribution is -2.43. The number of sulfone groups is 1. The normalized spacial score (nSPS) is 30.5. The second kappa shape index (κ2) is 3.20. The molecule has 4 heteroatoms. The van der Waals surface area contributed by atoms with Gasteiger partial charge in [0.2, 0.25) is 0 Å². The number of rotatable bonds is 2. The monoisotopic (exact) mass is 232 g/mol. The third-order valence-electron chi connectivity index (χ3n) is 3.94. The van der Waals surface area contributed by atoms with Gasteiger partial charge in [-0.2, -0.15) is 0 Å². The zero-order chi connectivity index (χ0) is 11.3. The predicted octanol–water partition coefficient (Wildman–Crippen LogP) is 1.77. The average Bonchev–Trinajstić information content (AvgIpc) is 2.75. The molecule has 0 aromatic carbocycles. The van der Waals surface area contributed by atoms with Gasteiger partial charge in [-0.15, -0.1) is 0 Å². The van der Waals surface area contributed by atoms with Gasteiger partial charge >= 0.3 is 0 Å². The van der Waals surface area contributed by atoms with Crippen molar-refractivity contribution in [1.29, 1.82) is 0 Å². The van der Waals surface area contributed by atoms with Gasteiger partial charge in [-0.25, -0.2) is 8.42 Å². The molecule has 15 heavy (non-hydrogen) atoms. The average molecular weight is 232 g/mol. The summed E-state index contributed by atoms with van der Waals surface area (Å²) in [6.45, 7) is 7.11. The maximum Gasteiger partial charge on any atom is 0.161 e. The summed E-state index contributed by atoms with van der Waals surface area (Å²) >= 11 is 0. The van der Waals surface area contributed by atoms with E-state index < -0.39 is 14.6 Å². The molecule has 1 aliphatic carbocycles. The Balaban J connectivity index is 2.30. The van der Waals surface area contributed by atoms with Gasteiger partial charge in [0.1, 0.15) is 0 Å². The highest BCUT2D eigenvalue weighted by Crippen LogP contribution is 2.57. The van der Waals surface area contributed by atoms with Crippen molar-refractivity contribution in [2.24, 2.45) is 5.41 Å². The smallest absolute Gasteiger partial charge is 0.161 e. The molecule has 1 atom stereocenters. The lowest BCUT2D eigenvalue weighted by molar-refractivity contribution is 0.198. The van der Waals surface area contributed by atoms with E-state index in [4.69, 9.17) is 4.74 Å². The van der Waals surface area contributed by atoms with Crippen molar-refractivity contribution < 1.29 is 13.2 Å². The topological polar surface area (TPSA) is 43.4 Å². The zero-order valence-corrected chi connectivity index (χ0v) is 10.6. The molecule has 88 valence electrons. The third-order valence-corrected chi connectivity index (χ3v) is 7.30. The summed E-state index contributed by atoms with van der Waals surface area (Å²) in [4.78, 5) is 0. The molecule has 1 unspecified atom stereocenters. The molecule has 0 aromatic rings. The van der Waals surface area contributed by atoms with Gasteiger partial charge in [-0.05, 0) is 24.7 Å². The van der Waals surface area contributed by atoms with Crippen molar-refractivity contribution in [1.82, 2.24) is 0 Å². The number of hydrogen-bond donors (Lipinski definition) is 0. The predicted molar refractivity (Wildman–Crippen MR) is 59.6 cm³/mol. The third kappa shape index (κ3) is 1.53. The lowest BCUT2D eigenvalue weighted by atomic mass is 9.90. The van der Waals surface area contributed by atoms with Gasteiger partial charge in [0.15, 0.2) is 9.84 Å². The Bertz CT molecular complexity index is 341. The molecule has 1 saturated carbocycles. The van der Waals surface area contributed by atoms with E-state index in [1.54, 1.807) is 0 Å². The van der Waals surface area contributed by atoms with Gasteiger partial charge in [0.25, 0.3) is 0 Å². The van der Waals surface area contributed by atoms with Crippen LogP contribution in [0.4, 0.5) is 0 Å². The van der Waals surface area contributed by atoms with Crippen molar-refractivity contribution in [2.75, 3.05) is 13.2 Å². The highest BCUT2D eigenvalue weighted by molar-refractivity contribution is 7.93. The summed E-state index contributed by atoms with van der Waals surface area (Å²) in [5, 5.41) is -0.251. The first-order valence-electron chi connectivity index (χ1n) is 5.62. The van der Waals surface area contributed by atoms with Crippen molar-refractivity contribution >= 4 is 9.84 Å². The zero-order valence-electron chi connectivity index (χ0n) is 9.75. The van der Waals surface area contributed by atoms with Crippen molar-refractivity contribution in [2.45, 2.75) is 50.0 Å². The maximum absolute atomic E-state index is 12.5. The summed E-state index contributed by atoms with van der Waals surface area (Å²) in [5.74, 6) is 0. The van der Waals surface area contributed by atoms with Gasteiger partial charge in [0.05, 0.1) is 16.6 Å². The highest BCUT2D eigenvalue weighted by Gasteiger charge is 2.63. The first-order chi connectivity index (χ1) is 6.81. The van der Waals surface area contributed by atoms with Crippen LogP contribution in [0.3, 0.4) is 0 Å². The van der Waals surface area contributed by atoms with Crippen molar-refractivity contribution in [3.8, 4) is 0 Å². The van der Waals surface area contributed by atoms with E-state index in [1.165, 1.54) is 0 Å². The van der Waals surface area contributed by atoms with Gasteiger partial charge in [-0.3, -0.25) is 0 Å². The molecule has 2 aliphatic rings. The van der Waals surface area contributed by atoms with E-state index >= 15 is 0 Å². The molecule has 0 bridgehead atoms. The van der Waals surface area contributed by atoms with Gasteiger partial charge in [-0.1, -0.05) is 20.8 Å². The molecule has 1 aliphatic heterocycles. The van der Waals surface area contributed by atoms with Crippen LogP contribution in [0, 0.1) is 5.41 Å². The SMILES string of the molecule is CC(C)(C)C1(S(=O)(=O)C2CCOC2)CC1. The summed E-state index contributed by atoms with van der Waals surface area (Å²) in [6.07, 6.45) is 2.34. The molecule has 2 rings (SSSR count). The van der Waals surface area contributed by atoms with Crippen LogP contribution in [0.25, 0.3) is 0 Å². The van der Waals surface area contributed by atoms with Gasteiger partial charge in [0, 0.05) is 6.61 Å². The van der Waals surface area contributed by atoms with E-state index in [0.29, 0.717) is 19.6 Å². The largest absolute Gasteiger partial charge is 0.380 e. The van der Waals surface area contributed by atoms with E-state index in [2.05, 4.69) is 0 Å². The van der Waals surface area contributed by atoms with Gasteiger partial charge < -0.3 is 4.74 Å². The highest BCUT2D eigenvalue weighted by atomic mass is 32.2. The molecule has 1 heterocycles. The standard InChI is InChI=1S/C11H20O3S/c1-10(2,3)11(5-6-11)15(12,13)9-4-7-14-8-9/h9H,4-8H2,1-3H3. The first kappa shape index (κ1) is 11.4. The minimum atomic E-state index is -3.01. The maximum atomic E-state index is 12.5. The molecule has 2 fully saturated rings. The fourth-order valence-electron chi connectivity index (χ4n) is 2.65. The van der Waals surface area contributed by atoms with Crippen LogP contribution < -0.4 is 0 Å². The Labute approximate surface area is 92.1 Å². The molecule has 0 spiro atoms. The summed E-state index contributed by atoms with van der Waals surface area (Å²) < 4.78 is 29.7. The minimum Gasteiger partial charge on any atom is -0.380 e. The first-order valence-corrected chi connectivity index (χ1v) is 7.17. The summed E-state index contributed by atoms with van der Waals surface area (Å²) in [6, 6.07) is 0. The fourth-order valence-corrected chi connectivity index (χ4v) is 5.50. The number of ether oxygens (including phenoxy) is 1. The molecular weight excluding hydrogens is 212 g/mol. The van der Waals surface area contributed by atoms with E-state index in [-0.39, 0.29) is 10.7 Å². The summed E-state index contributed by atoms with van der Waals surface area (Å²) in [7, 11) is -3.01. The molecule has 0 aromatic heterocycles. The van der Waals surface area contributed by atoms with Crippen molar-refractivity contribution in [3.05, 3.63) is 0 Å². The van der Waals surface area contributed by atoms with Crippen molar-refractivity contribution in [3.63, 3.8) is 0 Å². The Kier molecular flexibility index (Phi) is 2.43. The van der Waals surface area contributed by atoms with Crippen LogP contribution in [-0.4, -0.2) is 31.6 Å². The second-order valence-corrected chi connectivity index (χ2v) is 8.31. The van der Waals surface area contributed by atoms with E-state index in [0.717, 1.165) is 12.8 Å². The van der Waals surface area contributed by atoms with E-state index in [9.17, 15) is 8.42 Å². The van der Waals surface area contributed by atoms with Crippen LogP contribution >= 0.6 is 0 Å². The minimum absolute atomic E-state index is 0.144. The van der Waals surface area contributed by atoms with Crippen LogP contribution in [-0.2, 0) is 14.6 Å². The Morgan fingerprint density at radius 3 is 2.20 bits per heavy atom. The van der Waals surface area contributed by atoms with Crippen LogP contribution in [0.15, 0.2) is 0 Å². The molecule has 0 radical (unpaired) electrons. The molecule has 0 amide bonds. The van der Waals surface area contributed by atoms with E-state index in [1.807, 2.05) is 20.8 Å². The van der Waals surface area contributed by atoms with Crippen LogP contribution in [0.5, 0.6) is 0 Å². The molecule has 1 saturated heterocycles. The molecule has 3 nitrogen and oxygen atoms in total. The Morgan fingerprint density at radius 1 is 1.27 bits per heavy atom. The van der Waals surface area contributed by atoms with Crippen LogP contribution in [0.2, 0.25) is 0 Å². The Hall–Kier alpha value is -0.0900. The molecule has 0 N–H and O–H groups in total. The number of hydrogen-bond acceptors (Lipinski definition) is 3. The fraction of sp³-hybridized carbons (Fsp3) is 1.00. The summed E-state index contributed by atoms with van der Waals surface area (Å²) in [5.41, 5.74) is -0.144. The molecular formula is C11H20O3S. The second-order valence-electron chi connectivity index (χ2n) is 5.77. The lowest BCUT2D eigenvalue weighted by Gasteiger charge is -2.32. The Morgan fingerprint density at radius 2 is 1.87 bits per heavy atom. The quantitative estimate of drug-likeness (QED) is 0.728.